The largest absolute Gasteiger partial charge is 0.448 e. The van der Waals surface area contributed by atoms with Gasteiger partial charge in [-0.25, -0.2) is 4.98 Å². The quantitative estimate of drug-likeness (QED) is 0.328. The summed E-state index contributed by atoms with van der Waals surface area (Å²) in [5, 5.41) is 4.17. The summed E-state index contributed by atoms with van der Waals surface area (Å²) in [4.78, 5) is 29.9. The lowest BCUT2D eigenvalue weighted by molar-refractivity contribution is -0.113. The van der Waals surface area contributed by atoms with Gasteiger partial charge in [0, 0.05) is 22.1 Å². The Hall–Kier alpha value is -2.58. The number of rotatable bonds is 5. The summed E-state index contributed by atoms with van der Waals surface area (Å²) in [6, 6.07) is 13.1. The van der Waals surface area contributed by atoms with Crippen molar-refractivity contribution in [2.75, 3.05) is 11.1 Å². The molecular formula is C21H18BrN3O3S. The SMILES string of the molecule is CCn1c(SCC(=O)Nc2ccc(Br)c(C)c2)nc2c(oc3ccccc32)c1=O. The van der Waals surface area contributed by atoms with Crippen molar-refractivity contribution < 1.29 is 9.21 Å². The molecule has 0 aliphatic heterocycles. The number of carbonyl (C=O) groups is 1. The van der Waals surface area contributed by atoms with Crippen molar-refractivity contribution in [3.63, 3.8) is 0 Å². The van der Waals surface area contributed by atoms with E-state index in [0.29, 0.717) is 22.8 Å². The van der Waals surface area contributed by atoms with Crippen LogP contribution >= 0.6 is 27.7 Å². The molecule has 29 heavy (non-hydrogen) atoms. The molecule has 0 aliphatic carbocycles. The van der Waals surface area contributed by atoms with E-state index in [9.17, 15) is 9.59 Å². The standard InChI is InChI=1S/C21H18BrN3O3S/c1-3-25-20(27)19-18(14-6-4-5-7-16(14)28-19)24-21(25)29-11-17(26)23-13-8-9-15(22)12(2)10-13/h4-10H,3,11H2,1-2H3,(H,23,26). The van der Waals surface area contributed by atoms with E-state index in [4.69, 9.17) is 4.42 Å². The van der Waals surface area contributed by atoms with Gasteiger partial charge in [-0.2, -0.15) is 0 Å². The van der Waals surface area contributed by atoms with Crippen molar-refractivity contribution in [2.45, 2.75) is 25.5 Å². The van der Waals surface area contributed by atoms with Crippen molar-refractivity contribution in [1.29, 1.82) is 0 Å². The van der Waals surface area contributed by atoms with Crippen LogP contribution in [-0.2, 0) is 11.3 Å². The number of para-hydroxylation sites is 1. The van der Waals surface area contributed by atoms with Crippen molar-refractivity contribution >= 4 is 61.4 Å². The Morgan fingerprint density at radius 3 is 2.83 bits per heavy atom. The Kier molecular flexibility index (Phi) is 5.47. The number of nitrogens with zero attached hydrogens (tertiary/aromatic N) is 2. The van der Waals surface area contributed by atoms with Gasteiger partial charge in [-0.3, -0.25) is 14.2 Å². The first-order valence-electron chi connectivity index (χ1n) is 9.08. The van der Waals surface area contributed by atoms with Gasteiger partial charge in [0.15, 0.2) is 5.16 Å². The van der Waals surface area contributed by atoms with E-state index >= 15 is 0 Å². The highest BCUT2D eigenvalue weighted by Gasteiger charge is 2.17. The van der Waals surface area contributed by atoms with E-state index in [-0.39, 0.29) is 22.8 Å². The molecule has 0 radical (unpaired) electrons. The molecule has 0 atom stereocenters. The fraction of sp³-hybridized carbons (Fsp3) is 0.190. The van der Waals surface area contributed by atoms with Crippen molar-refractivity contribution in [2.24, 2.45) is 0 Å². The number of amides is 1. The number of thioether (sulfide) groups is 1. The monoisotopic (exact) mass is 471 g/mol. The third kappa shape index (κ3) is 3.82. The number of fused-ring (bicyclic) bond motifs is 3. The highest BCUT2D eigenvalue weighted by molar-refractivity contribution is 9.10. The Balaban J connectivity index is 1.61. The van der Waals surface area contributed by atoms with Crippen LogP contribution in [0, 0.1) is 6.92 Å². The number of hydrogen-bond acceptors (Lipinski definition) is 5. The normalized spacial score (nSPS) is 11.3. The van der Waals surface area contributed by atoms with Gasteiger partial charge in [0.2, 0.25) is 11.5 Å². The molecular weight excluding hydrogens is 454 g/mol. The van der Waals surface area contributed by atoms with Crippen LogP contribution in [-0.4, -0.2) is 21.2 Å². The molecule has 0 bridgehead atoms. The molecule has 4 rings (SSSR count). The Morgan fingerprint density at radius 2 is 2.07 bits per heavy atom. The molecule has 0 spiro atoms. The number of carbonyl (C=O) groups excluding carboxylic acids is 1. The maximum atomic E-state index is 12.9. The third-order valence-corrected chi connectivity index (χ3v) is 6.40. The van der Waals surface area contributed by atoms with Crippen LogP contribution in [0.25, 0.3) is 22.1 Å². The van der Waals surface area contributed by atoms with E-state index in [2.05, 4.69) is 26.2 Å². The van der Waals surface area contributed by atoms with Crippen LogP contribution in [0.2, 0.25) is 0 Å². The highest BCUT2D eigenvalue weighted by atomic mass is 79.9. The predicted octanol–water partition coefficient (Wildman–Crippen LogP) is 4.96. The van der Waals surface area contributed by atoms with Gasteiger partial charge in [-0.05, 0) is 49.7 Å². The fourth-order valence-electron chi connectivity index (χ4n) is 3.09. The van der Waals surface area contributed by atoms with Crippen LogP contribution in [0.4, 0.5) is 5.69 Å². The number of halogens is 1. The molecule has 0 aliphatic rings. The predicted molar refractivity (Wildman–Crippen MR) is 120 cm³/mol. The van der Waals surface area contributed by atoms with Gasteiger partial charge in [-0.15, -0.1) is 0 Å². The minimum atomic E-state index is -0.236. The van der Waals surface area contributed by atoms with Crippen LogP contribution < -0.4 is 10.9 Å². The summed E-state index contributed by atoms with van der Waals surface area (Å²) in [6.45, 7) is 4.27. The average molecular weight is 472 g/mol. The lowest BCUT2D eigenvalue weighted by Crippen LogP contribution is -2.23. The maximum absolute atomic E-state index is 12.9. The average Bonchev–Trinajstić information content (AvgIpc) is 3.08. The number of anilines is 1. The number of benzene rings is 2. The van der Waals surface area contributed by atoms with E-state index in [1.54, 1.807) is 0 Å². The van der Waals surface area contributed by atoms with E-state index in [1.165, 1.54) is 16.3 Å². The topological polar surface area (TPSA) is 77.1 Å². The molecule has 0 saturated carbocycles. The van der Waals surface area contributed by atoms with Gasteiger partial charge in [0.25, 0.3) is 5.56 Å². The Bertz CT molecular complexity index is 1300. The number of hydrogen-bond donors (Lipinski definition) is 1. The molecule has 148 valence electrons. The Morgan fingerprint density at radius 1 is 1.28 bits per heavy atom. The lowest BCUT2D eigenvalue weighted by atomic mass is 10.2. The maximum Gasteiger partial charge on any atom is 0.297 e. The summed E-state index contributed by atoms with van der Waals surface area (Å²) in [5.74, 6) is -0.0196. The zero-order valence-corrected chi connectivity index (χ0v) is 18.3. The van der Waals surface area contributed by atoms with Crippen molar-refractivity contribution in [3.05, 3.63) is 62.9 Å². The summed E-state index contributed by atoms with van der Waals surface area (Å²) in [7, 11) is 0. The number of nitrogens with one attached hydrogen (secondary N) is 1. The van der Waals surface area contributed by atoms with Crippen LogP contribution in [0.3, 0.4) is 0 Å². The zero-order chi connectivity index (χ0) is 20.5. The van der Waals surface area contributed by atoms with Crippen LogP contribution in [0.15, 0.2) is 61.3 Å². The minimum Gasteiger partial charge on any atom is -0.448 e. The first-order valence-corrected chi connectivity index (χ1v) is 10.9. The summed E-state index contributed by atoms with van der Waals surface area (Å²) < 4.78 is 8.24. The molecule has 2 heterocycles. The molecule has 1 N–H and O–H groups in total. The van der Waals surface area contributed by atoms with Gasteiger partial charge in [-0.1, -0.05) is 39.8 Å². The highest BCUT2D eigenvalue weighted by Crippen LogP contribution is 2.27. The zero-order valence-electron chi connectivity index (χ0n) is 15.9. The molecule has 6 nitrogen and oxygen atoms in total. The van der Waals surface area contributed by atoms with E-state index < -0.39 is 0 Å². The van der Waals surface area contributed by atoms with Gasteiger partial charge in [0.1, 0.15) is 11.1 Å². The smallest absolute Gasteiger partial charge is 0.297 e. The van der Waals surface area contributed by atoms with E-state index in [1.807, 2.05) is 56.3 Å². The second-order valence-corrected chi connectivity index (χ2v) is 8.32. The minimum absolute atomic E-state index is 0.142. The summed E-state index contributed by atoms with van der Waals surface area (Å²) >= 11 is 4.68. The molecule has 0 saturated heterocycles. The van der Waals surface area contributed by atoms with Gasteiger partial charge >= 0.3 is 0 Å². The second kappa shape index (κ2) is 8.04. The number of furan rings is 1. The van der Waals surface area contributed by atoms with Gasteiger partial charge in [0.05, 0.1) is 5.75 Å². The molecule has 4 aromatic rings. The van der Waals surface area contributed by atoms with Crippen molar-refractivity contribution in [1.82, 2.24) is 9.55 Å². The fourth-order valence-corrected chi connectivity index (χ4v) is 4.19. The summed E-state index contributed by atoms with van der Waals surface area (Å²) in [5.41, 5.74) is 2.93. The Labute approximate surface area is 179 Å². The lowest BCUT2D eigenvalue weighted by Gasteiger charge is -2.10. The number of aryl methyl sites for hydroxylation is 1. The molecule has 1 amide bonds. The molecule has 2 aromatic carbocycles. The number of aromatic nitrogens is 2. The third-order valence-electron chi connectivity index (χ3n) is 4.54. The first kappa shape index (κ1) is 19.7. The molecule has 0 fully saturated rings. The second-order valence-electron chi connectivity index (χ2n) is 6.52. The molecule has 8 heteroatoms. The first-order chi connectivity index (χ1) is 14.0. The molecule has 2 aromatic heterocycles. The van der Waals surface area contributed by atoms with E-state index in [0.717, 1.165) is 21.1 Å². The van der Waals surface area contributed by atoms with Gasteiger partial charge < -0.3 is 9.73 Å². The van der Waals surface area contributed by atoms with Crippen LogP contribution in [0.1, 0.15) is 12.5 Å². The molecule has 0 unspecified atom stereocenters. The van der Waals surface area contributed by atoms with Crippen LogP contribution in [0.5, 0.6) is 0 Å². The summed E-state index contributed by atoms with van der Waals surface area (Å²) in [6.07, 6.45) is 0. The van der Waals surface area contributed by atoms with Crippen molar-refractivity contribution in [3.8, 4) is 0 Å².